The van der Waals surface area contributed by atoms with Crippen LogP contribution in [0.1, 0.15) is 0 Å². The normalized spacial score (nSPS) is 11.2. The maximum atomic E-state index is 12.8. The Morgan fingerprint density at radius 1 is 0.436 bits per heavy atom. The number of fused-ring (bicyclic) bond motifs is 3. The van der Waals surface area contributed by atoms with E-state index in [1.54, 1.807) is 0 Å². The summed E-state index contributed by atoms with van der Waals surface area (Å²) in [4.78, 5) is 22.7. The molecule has 0 spiro atoms. The van der Waals surface area contributed by atoms with E-state index in [-0.39, 0.29) is 5.63 Å². The highest BCUT2D eigenvalue weighted by atomic mass is 16.4. The summed E-state index contributed by atoms with van der Waals surface area (Å²) in [5.74, 6) is 0.674. The van der Waals surface area contributed by atoms with Crippen molar-refractivity contribution in [2.45, 2.75) is 0 Å². The number of nitrogens with zero attached hydrogens (tertiary/aromatic N) is 2. The van der Waals surface area contributed by atoms with Gasteiger partial charge in [0.1, 0.15) is 5.58 Å². The molecule has 0 bridgehead atoms. The highest BCUT2D eigenvalue weighted by Crippen LogP contribution is 2.32. The summed E-state index contributed by atoms with van der Waals surface area (Å²) in [6.07, 6.45) is 0. The Bertz CT molecular complexity index is 1970. The van der Waals surface area contributed by atoms with Crippen molar-refractivity contribution >= 4 is 21.7 Å². The van der Waals surface area contributed by atoms with Gasteiger partial charge in [0.2, 0.25) is 0 Å². The zero-order valence-corrected chi connectivity index (χ0v) is 20.9. The summed E-state index contributed by atoms with van der Waals surface area (Å²) in [6, 6.07) is 44.0. The van der Waals surface area contributed by atoms with Crippen molar-refractivity contribution in [3.8, 4) is 45.0 Å². The molecule has 0 aliphatic rings. The number of para-hydroxylation sites is 1. The van der Waals surface area contributed by atoms with E-state index < -0.39 is 0 Å². The fourth-order valence-corrected chi connectivity index (χ4v) is 4.99. The Morgan fingerprint density at radius 2 is 1.05 bits per heavy atom. The van der Waals surface area contributed by atoms with Crippen molar-refractivity contribution in [1.29, 1.82) is 0 Å². The van der Waals surface area contributed by atoms with Crippen LogP contribution in [0.3, 0.4) is 0 Å². The average Bonchev–Trinajstić information content (AvgIpc) is 3.02. The summed E-state index contributed by atoms with van der Waals surface area (Å²) < 4.78 is 5.60. The van der Waals surface area contributed by atoms with Crippen LogP contribution >= 0.6 is 0 Å². The maximum absolute atomic E-state index is 12.8. The van der Waals surface area contributed by atoms with Gasteiger partial charge in [0.15, 0.2) is 5.82 Å². The first-order valence-electron chi connectivity index (χ1n) is 12.8. The first kappa shape index (κ1) is 22.8. The molecule has 4 heteroatoms. The first-order chi connectivity index (χ1) is 19.2. The Kier molecular flexibility index (Phi) is 5.56. The molecule has 0 aliphatic carbocycles. The second kappa shape index (κ2) is 9.51. The summed E-state index contributed by atoms with van der Waals surface area (Å²) >= 11 is 0. The maximum Gasteiger partial charge on any atom is 0.344 e. The molecule has 0 saturated heterocycles. The largest absolute Gasteiger partial charge is 0.422 e. The van der Waals surface area contributed by atoms with E-state index in [0.29, 0.717) is 16.8 Å². The van der Waals surface area contributed by atoms with Gasteiger partial charge in [0.05, 0.1) is 16.8 Å². The van der Waals surface area contributed by atoms with E-state index in [1.165, 1.54) is 0 Å². The van der Waals surface area contributed by atoms with Gasteiger partial charge in [0.25, 0.3) is 0 Å². The lowest BCUT2D eigenvalue weighted by atomic mass is 9.98. The fraction of sp³-hybridized carbons (Fsp3) is 0. The highest BCUT2D eigenvalue weighted by Gasteiger charge is 2.13. The quantitative estimate of drug-likeness (QED) is 0.179. The highest BCUT2D eigenvalue weighted by molar-refractivity contribution is 6.05. The zero-order chi connectivity index (χ0) is 26.2. The molecule has 0 unspecified atom stereocenters. The molecule has 0 atom stereocenters. The van der Waals surface area contributed by atoms with Crippen LogP contribution in [0.15, 0.2) is 143 Å². The van der Waals surface area contributed by atoms with Gasteiger partial charge in [-0.15, -0.1) is 0 Å². The van der Waals surface area contributed by atoms with Crippen LogP contribution in [0, 0.1) is 0 Å². The van der Waals surface area contributed by atoms with Gasteiger partial charge in [-0.1, -0.05) is 109 Å². The number of benzene rings is 5. The van der Waals surface area contributed by atoms with Gasteiger partial charge in [0, 0.05) is 22.1 Å². The third kappa shape index (κ3) is 4.28. The van der Waals surface area contributed by atoms with Crippen LogP contribution in [-0.4, -0.2) is 9.97 Å². The predicted octanol–water partition coefficient (Wildman–Crippen LogP) is 8.40. The van der Waals surface area contributed by atoms with Gasteiger partial charge < -0.3 is 4.42 Å². The second-order valence-electron chi connectivity index (χ2n) is 9.42. The Labute approximate surface area is 224 Å². The van der Waals surface area contributed by atoms with Crippen molar-refractivity contribution in [1.82, 2.24) is 9.97 Å². The standard InChI is InChI=1S/C35H22N2O2/c38-35-30-21-26(18-19-28(30)29-16-7-8-17-33(29)39-35)25-14-9-15-27(20-25)32-22-31(23-10-3-1-4-11-23)36-34(37-32)24-12-5-2-6-13-24/h1-22H. The van der Waals surface area contributed by atoms with Crippen molar-refractivity contribution in [2.24, 2.45) is 0 Å². The predicted molar refractivity (Wildman–Crippen MR) is 157 cm³/mol. The Hall–Kier alpha value is -5.35. The SMILES string of the molecule is O=c1oc2ccccc2c2ccc(-c3cccc(-c4cc(-c5ccccc5)nc(-c5ccccc5)n4)c3)cc12. The summed E-state index contributed by atoms with van der Waals surface area (Å²) in [5, 5.41) is 2.38. The van der Waals surface area contributed by atoms with Crippen molar-refractivity contribution < 1.29 is 4.42 Å². The molecule has 5 aromatic carbocycles. The lowest BCUT2D eigenvalue weighted by Crippen LogP contribution is -2.00. The molecule has 39 heavy (non-hydrogen) atoms. The molecule has 2 heterocycles. The van der Waals surface area contributed by atoms with Crippen LogP contribution in [0.25, 0.3) is 66.8 Å². The molecular formula is C35H22N2O2. The van der Waals surface area contributed by atoms with Gasteiger partial charge in [-0.25, -0.2) is 14.8 Å². The van der Waals surface area contributed by atoms with Crippen molar-refractivity contribution in [2.75, 3.05) is 0 Å². The van der Waals surface area contributed by atoms with E-state index >= 15 is 0 Å². The first-order valence-corrected chi connectivity index (χ1v) is 12.8. The second-order valence-corrected chi connectivity index (χ2v) is 9.42. The van der Waals surface area contributed by atoms with Crippen LogP contribution < -0.4 is 5.63 Å². The molecule has 0 radical (unpaired) electrons. The Balaban J connectivity index is 1.36. The third-order valence-corrected chi connectivity index (χ3v) is 6.94. The molecule has 0 N–H and O–H groups in total. The van der Waals surface area contributed by atoms with Gasteiger partial charge in [-0.3, -0.25) is 0 Å². The fourth-order valence-electron chi connectivity index (χ4n) is 4.99. The molecule has 2 aromatic heterocycles. The van der Waals surface area contributed by atoms with Crippen molar-refractivity contribution in [3.63, 3.8) is 0 Å². The van der Waals surface area contributed by atoms with Crippen LogP contribution in [0.5, 0.6) is 0 Å². The number of rotatable bonds is 4. The molecular weight excluding hydrogens is 480 g/mol. The van der Waals surface area contributed by atoms with Gasteiger partial charge in [-0.05, 0) is 40.8 Å². The van der Waals surface area contributed by atoms with E-state index in [2.05, 4.69) is 30.3 Å². The summed E-state index contributed by atoms with van der Waals surface area (Å²) in [6.45, 7) is 0. The molecule has 184 valence electrons. The number of hydrogen-bond donors (Lipinski definition) is 0. The van der Waals surface area contributed by atoms with Crippen LogP contribution in [-0.2, 0) is 0 Å². The molecule has 7 aromatic rings. The molecule has 7 rings (SSSR count). The minimum Gasteiger partial charge on any atom is -0.422 e. The van der Waals surface area contributed by atoms with E-state index in [1.807, 2.05) is 103 Å². The monoisotopic (exact) mass is 502 g/mol. The molecule has 0 amide bonds. The van der Waals surface area contributed by atoms with Gasteiger partial charge >= 0.3 is 5.63 Å². The zero-order valence-electron chi connectivity index (χ0n) is 20.9. The van der Waals surface area contributed by atoms with Gasteiger partial charge in [-0.2, -0.15) is 0 Å². The van der Waals surface area contributed by atoms with Crippen LogP contribution in [0.2, 0.25) is 0 Å². The molecule has 0 fully saturated rings. The number of aromatic nitrogens is 2. The molecule has 0 saturated carbocycles. The number of hydrogen-bond acceptors (Lipinski definition) is 4. The lowest BCUT2D eigenvalue weighted by molar-refractivity contribution is 0.569. The molecule has 4 nitrogen and oxygen atoms in total. The Morgan fingerprint density at radius 3 is 1.85 bits per heavy atom. The minimum atomic E-state index is -0.336. The smallest absolute Gasteiger partial charge is 0.344 e. The van der Waals surface area contributed by atoms with E-state index in [9.17, 15) is 4.79 Å². The summed E-state index contributed by atoms with van der Waals surface area (Å²) in [5.41, 5.74) is 6.83. The van der Waals surface area contributed by atoms with E-state index in [4.69, 9.17) is 14.4 Å². The van der Waals surface area contributed by atoms with Crippen molar-refractivity contribution in [3.05, 3.63) is 144 Å². The summed E-state index contributed by atoms with van der Waals surface area (Å²) in [7, 11) is 0. The minimum absolute atomic E-state index is 0.336. The lowest BCUT2D eigenvalue weighted by Gasteiger charge is -2.11. The third-order valence-electron chi connectivity index (χ3n) is 6.94. The topological polar surface area (TPSA) is 56.0 Å². The molecule has 0 aliphatic heterocycles. The average molecular weight is 503 g/mol. The van der Waals surface area contributed by atoms with E-state index in [0.717, 1.165) is 50.0 Å². The van der Waals surface area contributed by atoms with Crippen LogP contribution in [0.4, 0.5) is 0 Å².